The van der Waals surface area contributed by atoms with Crippen molar-refractivity contribution >= 4 is 27.3 Å². The maximum absolute atomic E-state index is 3.84. The molecule has 1 unspecified atom stereocenters. The Morgan fingerprint density at radius 2 is 1.83 bits per heavy atom. The van der Waals surface area contributed by atoms with E-state index in [0.29, 0.717) is 4.83 Å². The van der Waals surface area contributed by atoms with Crippen molar-refractivity contribution < 1.29 is 0 Å². The van der Waals surface area contributed by atoms with Crippen molar-refractivity contribution in [2.24, 2.45) is 0 Å². The van der Waals surface area contributed by atoms with Crippen LogP contribution in [0.5, 0.6) is 0 Å². The van der Waals surface area contributed by atoms with E-state index in [1.165, 1.54) is 27.8 Å². The monoisotopic (exact) mass is 322 g/mol. The van der Waals surface area contributed by atoms with E-state index in [0.717, 1.165) is 12.8 Å². The zero-order chi connectivity index (χ0) is 13.1. The van der Waals surface area contributed by atoms with Gasteiger partial charge in [0.05, 0.1) is 4.83 Å². The Labute approximate surface area is 122 Å². The van der Waals surface area contributed by atoms with Crippen LogP contribution in [0, 0.1) is 6.92 Å². The van der Waals surface area contributed by atoms with E-state index in [1.54, 1.807) is 11.3 Å². The molecule has 2 aromatic rings. The first-order valence-electron chi connectivity index (χ1n) is 6.45. The van der Waals surface area contributed by atoms with Crippen molar-refractivity contribution in [2.45, 2.75) is 38.4 Å². The van der Waals surface area contributed by atoms with Crippen LogP contribution in [0.3, 0.4) is 0 Å². The van der Waals surface area contributed by atoms with E-state index in [2.05, 4.69) is 65.7 Å². The molecule has 0 saturated carbocycles. The first kappa shape index (κ1) is 13.8. The van der Waals surface area contributed by atoms with Crippen molar-refractivity contribution in [3.05, 3.63) is 56.8 Å². The number of benzene rings is 1. The van der Waals surface area contributed by atoms with Crippen LogP contribution < -0.4 is 0 Å². The number of alkyl halides is 1. The molecule has 18 heavy (non-hydrogen) atoms. The molecule has 0 nitrogen and oxygen atoms in total. The molecule has 0 aliphatic rings. The van der Waals surface area contributed by atoms with Gasteiger partial charge in [0.15, 0.2) is 0 Å². The molecule has 0 aliphatic heterocycles. The van der Waals surface area contributed by atoms with Gasteiger partial charge in [-0.05, 0) is 58.3 Å². The summed E-state index contributed by atoms with van der Waals surface area (Å²) in [6.07, 6.45) is 2.23. The summed E-state index contributed by atoms with van der Waals surface area (Å²) in [5.41, 5.74) is 7.09. The lowest BCUT2D eigenvalue weighted by Crippen LogP contribution is -1.97. The average Bonchev–Trinajstić information content (AvgIpc) is 2.83. The highest BCUT2D eigenvalue weighted by Gasteiger charge is 2.14. The van der Waals surface area contributed by atoms with Crippen molar-refractivity contribution in [1.29, 1.82) is 0 Å². The second-order valence-corrected chi connectivity index (χ2v) is 6.27. The van der Waals surface area contributed by atoms with Crippen LogP contribution in [-0.4, -0.2) is 0 Å². The highest BCUT2D eigenvalue weighted by molar-refractivity contribution is 9.09. The summed E-state index contributed by atoms with van der Waals surface area (Å²) in [6, 6.07) is 6.90. The Morgan fingerprint density at radius 3 is 2.39 bits per heavy atom. The van der Waals surface area contributed by atoms with E-state index in [4.69, 9.17) is 0 Å². The van der Waals surface area contributed by atoms with Crippen LogP contribution in [0.4, 0.5) is 0 Å². The van der Waals surface area contributed by atoms with Gasteiger partial charge in [-0.15, -0.1) is 0 Å². The molecule has 1 atom stereocenters. The van der Waals surface area contributed by atoms with Gasteiger partial charge in [-0.3, -0.25) is 0 Å². The Balaban J connectivity index is 2.37. The third-order valence-electron chi connectivity index (χ3n) is 3.45. The summed E-state index contributed by atoms with van der Waals surface area (Å²) >= 11 is 5.62. The summed E-state index contributed by atoms with van der Waals surface area (Å²) in [5, 5.41) is 4.46. The molecule has 2 heteroatoms. The molecule has 1 aromatic carbocycles. The van der Waals surface area contributed by atoms with E-state index < -0.39 is 0 Å². The number of rotatable bonds is 4. The number of hydrogen-bond acceptors (Lipinski definition) is 1. The Hall–Kier alpha value is -0.600. The fraction of sp³-hybridized carbons (Fsp3) is 0.375. The second kappa shape index (κ2) is 6.03. The molecule has 0 aliphatic carbocycles. The van der Waals surface area contributed by atoms with Crippen molar-refractivity contribution in [3.63, 3.8) is 0 Å². The predicted molar refractivity (Wildman–Crippen MR) is 85.0 cm³/mol. The van der Waals surface area contributed by atoms with Crippen LogP contribution >= 0.6 is 27.3 Å². The van der Waals surface area contributed by atoms with Gasteiger partial charge in [0.2, 0.25) is 0 Å². The smallest absolute Gasteiger partial charge is 0.0655 e. The average molecular weight is 323 g/mol. The molecule has 1 aromatic heterocycles. The largest absolute Gasteiger partial charge is 0.152 e. The second-order valence-electron chi connectivity index (χ2n) is 4.61. The molecular weight excluding hydrogens is 304 g/mol. The standard InChI is InChI=1S/C16H19BrS/c1-4-12-6-7-14(8-13(12)5-2)16(17)15-10-18-9-11(15)3/h6-10,16H,4-5H2,1-3H3. The number of halogens is 1. The normalized spacial score (nSPS) is 12.7. The van der Waals surface area contributed by atoms with E-state index >= 15 is 0 Å². The highest BCUT2D eigenvalue weighted by Crippen LogP contribution is 2.35. The first-order chi connectivity index (χ1) is 8.67. The molecule has 0 spiro atoms. The zero-order valence-electron chi connectivity index (χ0n) is 11.2. The topological polar surface area (TPSA) is 0 Å². The predicted octanol–water partition coefficient (Wildman–Crippen LogP) is 5.67. The van der Waals surface area contributed by atoms with Crippen LogP contribution in [0.1, 0.15) is 46.5 Å². The van der Waals surface area contributed by atoms with Gasteiger partial charge in [-0.1, -0.05) is 48.0 Å². The minimum Gasteiger partial charge on any atom is -0.152 e. The fourth-order valence-corrected chi connectivity index (χ4v) is 4.12. The Morgan fingerprint density at radius 1 is 1.11 bits per heavy atom. The van der Waals surface area contributed by atoms with Gasteiger partial charge < -0.3 is 0 Å². The molecule has 0 radical (unpaired) electrons. The number of thiophene rings is 1. The SMILES string of the molecule is CCc1ccc(C(Br)c2cscc2C)cc1CC. The lowest BCUT2D eigenvalue weighted by Gasteiger charge is -2.14. The van der Waals surface area contributed by atoms with Gasteiger partial charge in [-0.25, -0.2) is 0 Å². The summed E-state index contributed by atoms with van der Waals surface area (Å²) in [5.74, 6) is 0. The van der Waals surface area contributed by atoms with E-state index in [9.17, 15) is 0 Å². The first-order valence-corrected chi connectivity index (χ1v) is 8.31. The Bertz CT molecular complexity index is 528. The third-order valence-corrected chi connectivity index (χ3v) is 5.35. The highest BCUT2D eigenvalue weighted by atomic mass is 79.9. The lowest BCUT2D eigenvalue weighted by molar-refractivity contribution is 1.02. The van der Waals surface area contributed by atoms with Gasteiger partial charge in [0.25, 0.3) is 0 Å². The minimum absolute atomic E-state index is 0.319. The van der Waals surface area contributed by atoms with Crippen molar-refractivity contribution in [3.8, 4) is 0 Å². The minimum atomic E-state index is 0.319. The van der Waals surface area contributed by atoms with Crippen LogP contribution in [0.2, 0.25) is 0 Å². The third kappa shape index (κ3) is 2.70. The van der Waals surface area contributed by atoms with Crippen molar-refractivity contribution in [2.75, 3.05) is 0 Å². The lowest BCUT2D eigenvalue weighted by atomic mass is 9.96. The summed E-state index contributed by atoms with van der Waals surface area (Å²) in [4.78, 5) is 0.319. The quantitative estimate of drug-likeness (QED) is 0.636. The molecular formula is C16H19BrS. The van der Waals surface area contributed by atoms with E-state index in [-0.39, 0.29) is 0 Å². The summed E-state index contributed by atoms with van der Waals surface area (Å²) in [7, 11) is 0. The maximum atomic E-state index is 3.84. The van der Waals surface area contributed by atoms with E-state index in [1.807, 2.05) is 0 Å². The van der Waals surface area contributed by atoms with Gasteiger partial charge in [-0.2, -0.15) is 11.3 Å². The molecule has 0 amide bonds. The number of aryl methyl sites for hydroxylation is 3. The molecule has 0 bridgehead atoms. The van der Waals surface area contributed by atoms with Gasteiger partial charge in [0.1, 0.15) is 0 Å². The number of hydrogen-bond donors (Lipinski definition) is 0. The zero-order valence-corrected chi connectivity index (χ0v) is 13.6. The van der Waals surface area contributed by atoms with Gasteiger partial charge >= 0.3 is 0 Å². The molecule has 0 N–H and O–H groups in total. The van der Waals surface area contributed by atoms with Crippen LogP contribution in [0.15, 0.2) is 29.0 Å². The van der Waals surface area contributed by atoms with Crippen molar-refractivity contribution in [1.82, 2.24) is 0 Å². The summed E-state index contributed by atoms with van der Waals surface area (Å²) < 4.78 is 0. The molecule has 96 valence electrons. The molecule has 0 fully saturated rings. The maximum Gasteiger partial charge on any atom is 0.0655 e. The van der Waals surface area contributed by atoms with Crippen LogP contribution in [0.25, 0.3) is 0 Å². The summed E-state index contributed by atoms with van der Waals surface area (Å²) in [6.45, 7) is 6.64. The fourth-order valence-electron chi connectivity index (χ4n) is 2.29. The van der Waals surface area contributed by atoms with Gasteiger partial charge in [0, 0.05) is 0 Å². The van der Waals surface area contributed by atoms with Crippen LogP contribution in [-0.2, 0) is 12.8 Å². The molecule has 1 heterocycles. The molecule has 0 saturated heterocycles. The molecule has 2 rings (SSSR count). The Kier molecular flexibility index (Phi) is 4.63.